The van der Waals surface area contributed by atoms with Gasteiger partial charge >= 0.3 is 0 Å². The van der Waals surface area contributed by atoms with Gasteiger partial charge in [0.2, 0.25) is 0 Å². The smallest absolute Gasteiger partial charge is 0.0784 e. The molecule has 0 aliphatic carbocycles. The SMILES string of the molecule is CCCCC(=O)[O-].CCCCC[N+](C)(CCCCC)CCCCC. The van der Waals surface area contributed by atoms with Crippen LogP contribution in [0.25, 0.3) is 0 Å². The van der Waals surface area contributed by atoms with Crippen LogP contribution in [-0.2, 0) is 4.79 Å². The van der Waals surface area contributed by atoms with Crippen LogP contribution in [0.3, 0.4) is 0 Å². The summed E-state index contributed by atoms with van der Waals surface area (Å²) in [5, 5.41) is 9.65. The van der Waals surface area contributed by atoms with Crippen molar-refractivity contribution in [2.75, 3.05) is 26.7 Å². The first-order chi connectivity index (χ1) is 11.5. The zero-order chi connectivity index (χ0) is 18.7. The highest BCUT2D eigenvalue weighted by atomic mass is 16.4. The Labute approximate surface area is 152 Å². The lowest BCUT2D eigenvalue weighted by atomic mass is 10.1. The van der Waals surface area contributed by atoms with E-state index in [-0.39, 0.29) is 6.42 Å². The Morgan fingerprint density at radius 2 is 1.00 bits per heavy atom. The summed E-state index contributed by atoms with van der Waals surface area (Å²) in [7, 11) is 2.49. The lowest BCUT2D eigenvalue weighted by molar-refractivity contribution is -0.910. The van der Waals surface area contributed by atoms with Gasteiger partial charge in [0.25, 0.3) is 0 Å². The van der Waals surface area contributed by atoms with Crippen LogP contribution in [0.4, 0.5) is 0 Å². The molecule has 0 N–H and O–H groups in total. The zero-order valence-electron chi connectivity index (χ0n) is 17.4. The van der Waals surface area contributed by atoms with Crippen LogP contribution >= 0.6 is 0 Å². The maximum Gasteiger partial charge on any atom is 0.0784 e. The van der Waals surface area contributed by atoms with Gasteiger partial charge < -0.3 is 14.4 Å². The maximum absolute atomic E-state index is 9.65. The van der Waals surface area contributed by atoms with E-state index in [1.807, 2.05) is 6.92 Å². The fraction of sp³-hybridized carbons (Fsp3) is 0.952. The molecule has 3 nitrogen and oxygen atoms in total. The lowest BCUT2D eigenvalue weighted by Gasteiger charge is -2.35. The van der Waals surface area contributed by atoms with Gasteiger partial charge in [0.15, 0.2) is 0 Å². The van der Waals surface area contributed by atoms with Crippen molar-refractivity contribution in [3.8, 4) is 0 Å². The molecule has 0 saturated carbocycles. The third-order valence-electron chi connectivity index (χ3n) is 4.64. The summed E-state index contributed by atoms with van der Waals surface area (Å²) in [5.41, 5.74) is 0. The molecule has 3 heteroatoms. The number of nitrogens with zero attached hydrogens (tertiary/aromatic N) is 1. The average molecular weight is 344 g/mol. The second-order valence-electron chi connectivity index (χ2n) is 7.39. The number of rotatable bonds is 15. The zero-order valence-corrected chi connectivity index (χ0v) is 17.4. The van der Waals surface area contributed by atoms with E-state index < -0.39 is 5.97 Å². The molecule has 0 rings (SSSR count). The number of carboxylic acid groups (broad SMARTS) is 1. The van der Waals surface area contributed by atoms with Crippen molar-refractivity contribution in [2.24, 2.45) is 0 Å². The van der Waals surface area contributed by atoms with Crippen molar-refractivity contribution in [3.05, 3.63) is 0 Å². The topological polar surface area (TPSA) is 40.1 Å². The summed E-state index contributed by atoms with van der Waals surface area (Å²) in [6.45, 7) is 13.1. The van der Waals surface area contributed by atoms with Crippen LogP contribution in [0.1, 0.15) is 105 Å². The second kappa shape index (κ2) is 18.8. The van der Waals surface area contributed by atoms with Crippen molar-refractivity contribution in [1.29, 1.82) is 0 Å². The average Bonchev–Trinajstić information content (AvgIpc) is 2.54. The summed E-state index contributed by atoms with van der Waals surface area (Å²) < 4.78 is 1.33. The third-order valence-corrected chi connectivity index (χ3v) is 4.64. The number of carbonyl (C=O) groups is 1. The van der Waals surface area contributed by atoms with E-state index in [9.17, 15) is 9.90 Å². The lowest BCUT2D eigenvalue weighted by Crippen LogP contribution is -2.46. The van der Waals surface area contributed by atoms with Gasteiger partial charge in [-0.25, -0.2) is 0 Å². The van der Waals surface area contributed by atoms with Crippen LogP contribution in [0, 0.1) is 0 Å². The minimum absolute atomic E-state index is 0.205. The van der Waals surface area contributed by atoms with Crippen LogP contribution in [0.5, 0.6) is 0 Å². The maximum atomic E-state index is 9.65. The van der Waals surface area contributed by atoms with Crippen molar-refractivity contribution in [2.45, 2.75) is 105 Å². The van der Waals surface area contributed by atoms with Gasteiger partial charge in [-0.05, 0) is 51.4 Å². The van der Waals surface area contributed by atoms with Crippen LogP contribution < -0.4 is 5.11 Å². The molecule has 0 saturated heterocycles. The number of unbranched alkanes of at least 4 members (excludes halogenated alkanes) is 7. The molecule has 0 bridgehead atoms. The Hall–Kier alpha value is -0.570. The van der Waals surface area contributed by atoms with Gasteiger partial charge in [0, 0.05) is 5.97 Å². The number of carbonyl (C=O) groups excluding carboxylic acids is 1. The number of hydrogen-bond donors (Lipinski definition) is 0. The second-order valence-corrected chi connectivity index (χ2v) is 7.39. The molecule has 0 aliphatic rings. The fourth-order valence-corrected chi connectivity index (χ4v) is 2.89. The highest BCUT2D eigenvalue weighted by molar-refractivity contribution is 5.63. The summed E-state index contributed by atoms with van der Waals surface area (Å²) in [6, 6.07) is 0. The van der Waals surface area contributed by atoms with E-state index in [1.165, 1.54) is 81.9 Å². The Bertz CT molecular complexity index is 240. The highest BCUT2D eigenvalue weighted by Crippen LogP contribution is 2.13. The predicted octanol–water partition coefficient (Wildman–Crippen LogP) is 4.93. The molecule has 146 valence electrons. The van der Waals surface area contributed by atoms with E-state index in [0.717, 1.165) is 12.8 Å². The van der Waals surface area contributed by atoms with Crippen molar-refractivity contribution >= 4 is 5.97 Å². The monoisotopic (exact) mass is 343 g/mol. The van der Waals surface area contributed by atoms with Gasteiger partial charge in [-0.15, -0.1) is 0 Å². The Balaban J connectivity index is 0. The number of carboxylic acids is 1. The van der Waals surface area contributed by atoms with E-state index in [2.05, 4.69) is 27.8 Å². The minimum Gasteiger partial charge on any atom is -0.550 e. The minimum atomic E-state index is -0.943. The molecule has 0 fully saturated rings. The first kappa shape index (κ1) is 25.7. The van der Waals surface area contributed by atoms with Crippen LogP contribution in [-0.4, -0.2) is 37.1 Å². The standard InChI is InChI=1S/C16H36N.C5H10O2/c1-5-8-11-14-17(4,15-12-9-6-2)16-13-10-7-3;1-2-3-4-5(6)7/h5-16H2,1-4H3;2-4H2,1H3,(H,6,7)/q+1;/p-1. The van der Waals surface area contributed by atoms with Crippen molar-refractivity contribution in [1.82, 2.24) is 0 Å². The molecule has 0 atom stereocenters. The Morgan fingerprint density at radius 1 is 0.667 bits per heavy atom. The molecule has 0 aromatic heterocycles. The number of aliphatic carboxylic acids is 1. The highest BCUT2D eigenvalue weighted by Gasteiger charge is 2.19. The van der Waals surface area contributed by atoms with E-state index >= 15 is 0 Å². The third kappa shape index (κ3) is 19.5. The molecular formula is C21H45NO2. The quantitative estimate of drug-likeness (QED) is 0.312. The van der Waals surface area contributed by atoms with Gasteiger partial charge in [0.1, 0.15) is 0 Å². The summed E-state index contributed by atoms with van der Waals surface area (Å²) in [5.74, 6) is -0.943. The van der Waals surface area contributed by atoms with Crippen LogP contribution in [0.15, 0.2) is 0 Å². The van der Waals surface area contributed by atoms with E-state index in [4.69, 9.17) is 0 Å². The summed E-state index contributed by atoms with van der Waals surface area (Å²) >= 11 is 0. The molecule has 24 heavy (non-hydrogen) atoms. The molecule has 0 aromatic carbocycles. The van der Waals surface area contributed by atoms with E-state index in [1.54, 1.807) is 0 Å². The molecule has 0 radical (unpaired) electrons. The Kier molecular flexibility index (Phi) is 20.1. The predicted molar refractivity (Wildman–Crippen MR) is 104 cm³/mol. The van der Waals surface area contributed by atoms with E-state index in [0.29, 0.717) is 0 Å². The fourth-order valence-electron chi connectivity index (χ4n) is 2.89. The van der Waals surface area contributed by atoms with Gasteiger partial charge in [-0.2, -0.15) is 0 Å². The summed E-state index contributed by atoms with van der Waals surface area (Å²) in [6.07, 6.45) is 14.4. The van der Waals surface area contributed by atoms with Crippen molar-refractivity contribution in [3.63, 3.8) is 0 Å². The molecule has 0 unspecified atom stereocenters. The first-order valence-corrected chi connectivity index (χ1v) is 10.5. The Morgan fingerprint density at radius 3 is 1.21 bits per heavy atom. The normalized spacial score (nSPS) is 11.0. The van der Waals surface area contributed by atoms with Gasteiger partial charge in [-0.3, -0.25) is 0 Å². The number of hydrogen-bond acceptors (Lipinski definition) is 2. The molecule has 0 aromatic rings. The molecule has 0 aliphatic heterocycles. The molecule has 0 spiro atoms. The van der Waals surface area contributed by atoms with Gasteiger partial charge in [-0.1, -0.05) is 53.4 Å². The summed E-state index contributed by atoms with van der Waals surface area (Å²) in [4.78, 5) is 9.65. The van der Waals surface area contributed by atoms with Gasteiger partial charge in [0.05, 0.1) is 26.7 Å². The van der Waals surface area contributed by atoms with Crippen molar-refractivity contribution < 1.29 is 14.4 Å². The number of quaternary nitrogens is 1. The molecular weight excluding hydrogens is 298 g/mol. The largest absolute Gasteiger partial charge is 0.550 e. The first-order valence-electron chi connectivity index (χ1n) is 10.5. The molecule has 0 heterocycles. The van der Waals surface area contributed by atoms with Crippen LogP contribution in [0.2, 0.25) is 0 Å². The molecule has 0 amide bonds.